The highest BCUT2D eigenvalue weighted by Gasteiger charge is 2.47. The van der Waals surface area contributed by atoms with E-state index in [2.05, 4.69) is 21.0 Å². The molecule has 1 aromatic carbocycles. The molecule has 1 spiro atoms. The van der Waals surface area contributed by atoms with Crippen LogP contribution >= 0.6 is 0 Å². The normalized spacial score (nSPS) is 20.4. The van der Waals surface area contributed by atoms with Gasteiger partial charge in [0.2, 0.25) is 11.8 Å². The molecule has 3 aliphatic rings. The third kappa shape index (κ3) is 4.09. The Hall–Kier alpha value is -3.20. The lowest BCUT2D eigenvalue weighted by atomic mass is 9.75. The second kappa shape index (κ2) is 9.21. The molecule has 3 N–H and O–H groups in total. The van der Waals surface area contributed by atoms with E-state index < -0.39 is 11.5 Å². The minimum atomic E-state index is -0.646. The lowest BCUT2D eigenvalue weighted by molar-refractivity contribution is -0.124. The molecule has 1 aromatic heterocycles. The highest BCUT2D eigenvalue weighted by molar-refractivity contribution is 6.07. The summed E-state index contributed by atoms with van der Waals surface area (Å²) in [7, 11) is 1.70. The average Bonchev–Trinajstić information content (AvgIpc) is 3.39. The molecule has 180 valence electrons. The van der Waals surface area contributed by atoms with Crippen molar-refractivity contribution < 1.29 is 19.1 Å². The Morgan fingerprint density at radius 2 is 1.94 bits per heavy atom. The van der Waals surface area contributed by atoms with E-state index in [0.717, 1.165) is 43.4 Å². The van der Waals surface area contributed by atoms with Crippen LogP contribution in [0.2, 0.25) is 0 Å². The number of carbonyl (C=O) groups excluding carboxylic acids is 3. The fourth-order valence-corrected chi connectivity index (χ4v) is 5.62. The van der Waals surface area contributed by atoms with Gasteiger partial charge in [-0.15, -0.1) is 0 Å². The summed E-state index contributed by atoms with van der Waals surface area (Å²) in [5.74, 6) is -0.482. The number of aryl methyl sites for hydroxylation is 1. The molecule has 2 fully saturated rings. The molecule has 2 aliphatic heterocycles. The molecule has 1 unspecified atom stereocenters. The van der Waals surface area contributed by atoms with Crippen LogP contribution in [-0.2, 0) is 26.8 Å². The van der Waals surface area contributed by atoms with Crippen LogP contribution in [0.3, 0.4) is 0 Å². The third-order valence-electron chi connectivity index (χ3n) is 7.58. The SMILES string of the molecule is Cn1nccc1C(=O)NC(C(=O)Nc1ccc2c(c1)NC(=O)C21CCOCC1)C1CCCCC1. The molecule has 5 rings (SSSR count). The van der Waals surface area contributed by atoms with Crippen molar-refractivity contribution in [3.05, 3.63) is 41.7 Å². The second-order valence-electron chi connectivity index (χ2n) is 9.59. The number of fused-ring (bicyclic) bond motifs is 2. The van der Waals surface area contributed by atoms with Crippen LogP contribution in [-0.4, -0.2) is 46.8 Å². The van der Waals surface area contributed by atoms with Gasteiger partial charge in [0.05, 0.1) is 5.41 Å². The van der Waals surface area contributed by atoms with E-state index in [4.69, 9.17) is 4.74 Å². The zero-order valence-electron chi connectivity index (χ0n) is 19.4. The molecule has 0 radical (unpaired) electrons. The number of rotatable bonds is 5. The highest BCUT2D eigenvalue weighted by atomic mass is 16.5. The first kappa shape index (κ1) is 22.6. The summed E-state index contributed by atoms with van der Waals surface area (Å²) < 4.78 is 6.97. The van der Waals surface area contributed by atoms with Crippen molar-refractivity contribution in [2.24, 2.45) is 13.0 Å². The van der Waals surface area contributed by atoms with Gasteiger partial charge in [0.25, 0.3) is 5.91 Å². The van der Waals surface area contributed by atoms with E-state index in [9.17, 15) is 14.4 Å². The highest BCUT2D eigenvalue weighted by Crippen LogP contribution is 2.45. The second-order valence-corrected chi connectivity index (χ2v) is 9.59. The smallest absolute Gasteiger partial charge is 0.270 e. The summed E-state index contributed by atoms with van der Waals surface area (Å²) >= 11 is 0. The number of hydrogen-bond acceptors (Lipinski definition) is 5. The molecule has 1 saturated carbocycles. The number of benzene rings is 1. The van der Waals surface area contributed by atoms with Gasteiger partial charge in [0, 0.05) is 37.8 Å². The van der Waals surface area contributed by atoms with Crippen LogP contribution in [0.5, 0.6) is 0 Å². The van der Waals surface area contributed by atoms with Gasteiger partial charge in [-0.1, -0.05) is 25.3 Å². The number of amides is 3. The molecule has 1 saturated heterocycles. The minimum absolute atomic E-state index is 0.00204. The first-order valence-electron chi connectivity index (χ1n) is 12.1. The van der Waals surface area contributed by atoms with Crippen molar-refractivity contribution in [1.82, 2.24) is 15.1 Å². The van der Waals surface area contributed by atoms with Crippen molar-refractivity contribution in [3.8, 4) is 0 Å². The van der Waals surface area contributed by atoms with Crippen LogP contribution in [0.15, 0.2) is 30.5 Å². The number of nitrogens with one attached hydrogen (secondary N) is 3. The molecule has 3 amide bonds. The van der Waals surface area contributed by atoms with Crippen LogP contribution < -0.4 is 16.0 Å². The number of aromatic nitrogens is 2. The Bertz CT molecular complexity index is 1100. The topological polar surface area (TPSA) is 114 Å². The Morgan fingerprint density at radius 1 is 1.18 bits per heavy atom. The van der Waals surface area contributed by atoms with Gasteiger partial charge in [-0.05, 0) is 55.4 Å². The maximum atomic E-state index is 13.4. The molecule has 1 aliphatic carbocycles. The van der Waals surface area contributed by atoms with Crippen LogP contribution in [0, 0.1) is 5.92 Å². The summed E-state index contributed by atoms with van der Waals surface area (Å²) in [6.45, 7) is 1.12. The largest absolute Gasteiger partial charge is 0.381 e. The fraction of sp³-hybridized carbons (Fsp3) is 0.520. The number of carbonyl (C=O) groups is 3. The Kier molecular flexibility index (Phi) is 6.12. The summed E-state index contributed by atoms with van der Waals surface area (Å²) in [6, 6.07) is 6.58. The monoisotopic (exact) mass is 465 g/mol. The van der Waals surface area contributed by atoms with Crippen molar-refractivity contribution in [2.75, 3.05) is 23.8 Å². The molecular formula is C25H31N5O4. The fourth-order valence-electron chi connectivity index (χ4n) is 5.62. The van der Waals surface area contributed by atoms with Gasteiger partial charge in [-0.2, -0.15) is 5.10 Å². The maximum Gasteiger partial charge on any atom is 0.270 e. The van der Waals surface area contributed by atoms with E-state index in [-0.39, 0.29) is 23.6 Å². The summed E-state index contributed by atoms with van der Waals surface area (Å²) in [5.41, 5.74) is 2.17. The van der Waals surface area contributed by atoms with Crippen molar-refractivity contribution >= 4 is 29.1 Å². The lowest BCUT2D eigenvalue weighted by Crippen LogP contribution is -2.49. The van der Waals surface area contributed by atoms with E-state index in [1.165, 1.54) is 4.68 Å². The van der Waals surface area contributed by atoms with Crippen LogP contribution in [0.4, 0.5) is 11.4 Å². The van der Waals surface area contributed by atoms with Gasteiger partial charge in [-0.3, -0.25) is 19.1 Å². The Labute approximate surface area is 198 Å². The molecule has 9 nitrogen and oxygen atoms in total. The molecule has 1 atom stereocenters. The first-order valence-corrected chi connectivity index (χ1v) is 12.1. The number of nitrogens with zero attached hydrogens (tertiary/aromatic N) is 2. The summed E-state index contributed by atoms with van der Waals surface area (Å²) in [6.07, 6.45) is 7.91. The molecule has 2 aromatic rings. The molecule has 3 heterocycles. The molecule has 34 heavy (non-hydrogen) atoms. The molecule has 0 bridgehead atoms. The first-order chi connectivity index (χ1) is 16.5. The van der Waals surface area contributed by atoms with E-state index in [1.54, 1.807) is 19.3 Å². The predicted octanol–water partition coefficient (Wildman–Crippen LogP) is 2.74. The van der Waals surface area contributed by atoms with Crippen molar-refractivity contribution in [3.63, 3.8) is 0 Å². The standard InChI is InChI=1S/C25H31N5O4/c1-30-20(9-12-26-30)22(31)29-21(16-5-3-2-4-6-16)23(32)27-17-7-8-18-19(15-17)28-24(33)25(18)10-13-34-14-11-25/h7-9,12,15-16,21H,2-6,10-11,13-14H2,1H3,(H,27,32)(H,28,33)(H,29,31). The quantitative estimate of drug-likeness (QED) is 0.628. The van der Waals surface area contributed by atoms with Gasteiger partial charge in [0.15, 0.2) is 0 Å². The van der Waals surface area contributed by atoms with Gasteiger partial charge < -0.3 is 20.7 Å². The number of ether oxygens (including phenoxy) is 1. The van der Waals surface area contributed by atoms with Gasteiger partial charge in [-0.25, -0.2) is 0 Å². The molecular weight excluding hydrogens is 434 g/mol. The van der Waals surface area contributed by atoms with E-state index in [1.807, 2.05) is 18.2 Å². The zero-order valence-corrected chi connectivity index (χ0v) is 19.4. The maximum absolute atomic E-state index is 13.4. The Balaban J connectivity index is 1.35. The molecule has 9 heteroatoms. The predicted molar refractivity (Wildman–Crippen MR) is 126 cm³/mol. The van der Waals surface area contributed by atoms with Crippen molar-refractivity contribution in [2.45, 2.75) is 56.4 Å². The zero-order chi connectivity index (χ0) is 23.7. The van der Waals surface area contributed by atoms with E-state index >= 15 is 0 Å². The van der Waals surface area contributed by atoms with E-state index in [0.29, 0.717) is 37.4 Å². The number of anilines is 2. The number of hydrogen-bond donors (Lipinski definition) is 3. The summed E-state index contributed by atoms with van der Waals surface area (Å²) in [5, 5.41) is 13.0. The average molecular weight is 466 g/mol. The van der Waals surface area contributed by atoms with Crippen LogP contribution in [0.1, 0.15) is 61.0 Å². The van der Waals surface area contributed by atoms with Crippen LogP contribution in [0.25, 0.3) is 0 Å². The lowest BCUT2D eigenvalue weighted by Gasteiger charge is -2.31. The summed E-state index contributed by atoms with van der Waals surface area (Å²) in [4.78, 5) is 39.1. The van der Waals surface area contributed by atoms with Gasteiger partial charge >= 0.3 is 0 Å². The van der Waals surface area contributed by atoms with Crippen molar-refractivity contribution in [1.29, 1.82) is 0 Å². The Morgan fingerprint density at radius 3 is 2.65 bits per heavy atom. The third-order valence-corrected chi connectivity index (χ3v) is 7.58. The minimum Gasteiger partial charge on any atom is -0.381 e. The van der Waals surface area contributed by atoms with Gasteiger partial charge in [0.1, 0.15) is 11.7 Å².